The summed E-state index contributed by atoms with van der Waals surface area (Å²) in [4.78, 5) is 4.51. The number of rotatable bonds is 2. The molecule has 0 saturated carbocycles. The quantitative estimate of drug-likeness (QED) is 0.780. The lowest BCUT2D eigenvalue weighted by Crippen LogP contribution is -1.88. The van der Waals surface area contributed by atoms with Crippen LogP contribution in [0.4, 0.5) is 0 Å². The van der Waals surface area contributed by atoms with Gasteiger partial charge < -0.3 is 9.51 Å². The number of aliphatic hydroxyl groups excluding tert-OH is 1. The van der Waals surface area contributed by atoms with Crippen LogP contribution < -0.4 is 0 Å². The first-order chi connectivity index (χ1) is 9.17. The molecular formula is C14H10Cl2N2O. The van der Waals surface area contributed by atoms with Gasteiger partial charge in [-0.2, -0.15) is 0 Å². The SMILES string of the molecule is OCc1ccc2nc(-c3ccc(Cl)c(Cl)c3)cn2c1. The Labute approximate surface area is 120 Å². The van der Waals surface area contributed by atoms with Gasteiger partial charge in [-0.25, -0.2) is 4.98 Å². The van der Waals surface area contributed by atoms with Gasteiger partial charge in [0.25, 0.3) is 0 Å². The third-order valence-corrected chi connectivity index (χ3v) is 3.65. The van der Waals surface area contributed by atoms with Gasteiger partial charge in [-0.3, -0.25) is 0 Å². The molecule has 1 aromatic carbocycles. The van der Waals surface area contributed by atoms with Crippen molar-refractivity contribution in [2.45, 2.75) is 6.61 Å². The van der Waals surface area contributed by atoms with Crippen molar-refractivity contribution in [1.82, 2.24) is 9.38 Å². The van der Waals surface area contributed by atoms with E-state index in [1.54, 1.807) is 12.1 Å². The van der Waals surface area contributed by atoms with E-state index in [4.69, 9.17) is 28.3 Å². The standard InChI is InChI=1S/C14H10Cl2N2O/c15-11-3-2-10(5-12(11)16)13-7-18-6-9(8-19)1-4-14(18)17-13/h1-7,19H,8H2. The molecule has 3 aromatic rings. The second kappa shape index (κ2) is 4.85. The van der Waals surface area contributed by atoms with Crippen molar-refractivity contribution >= 4 is 28.8 Å². The molecule has 19 heavy (non-hydrogen) atoms. The summed E-state index contributed by atoms with van der Waals surface area (Å²) in [5.41, 5.74) is 3.38. The smallest absolute Gasteiger partial charge is 0.137 e. The van der Waals surface area contributed by atoms with Crippen molar-refractivity contribution in [3.05, 3.63) is 58.3 Å². The number of aliphatic hydroxyl groups is 1. The summed E-state index contributed by atoms with van der Waals surface area (Å²) in [7, 11) is 0. The van der Waals surface area contributed by atoms with E-state index in [0.29, 0.717) is 10.0 Å². The van der Waals surface area contributed by atoms with E-state index < -0.39 is 0 Å². The van der Waals surface area contributed by atoms with Gasteiger partial charge >= 0.3 is 0 Å². The Kier molecular flexibility index (Phi) is 3.19. The lowest BCUT2D eigenvalue weighted by atomic mass is 10.2. The van der Waals surface area contributed by atoms with E-state index in [-0.39, 0.29) is 6.61 Å². The van der Waals surface area contributed by atoms with Gasteiger partial charge in [-0.15, -0.1) is 0 Å². The summed E-state index contributed by atoms with van der Waals surface area (Å²) in [5.74, 6) is 0. The number of fused-ring (bicyclic) bond motifs is 1. The molecule has 0 bridgehead atoms. The van der Waals surface area contributed by atoms with Gasteiger partial charge in [0.2, 0.25) is 0 Å². The molecule has 0 aliphatic carbocycles. The summed E-state index contributed by atoms with van der Waals surface area (Å²) >= 11 is 11.9. The Hall–Kier alpha value is -1.55. The Morgan fingerprint density at radius 3 is 2.63 bits per heavy atom. The average molecular weight is 293 g/mol. The fourth-order valence-electron chi connectivity index (χ4n) is 1.93. The van der Waals surface area contributed by atoms with Crippen LogP contribution in [0.25, 0.3) is 16.9 Å². The highest BCUT2D eigenvalue weighted by molar-refractivity contribution is 6.42. The normalized spacial score (nSPS) is 11.1. The van der Waals surface area contributed by atoms with Crippen LogP contribution in [0.15, 0.2) is 42.7 Å². The molecule has 1 N–H and O–H groups in total. The summed E-state index contributed by atoms with van der Waals surface area (Å²) in [6.07, 6.45) is 3.75. The molecule has 0 spiro atoms. The van der Waals surface area contributed by atoms with Crippen molar-refractivity contribution in [1.29, 1.82) is 0 Å². The fourth-order valence-corrected chi connectivity index (χ4v) is 2.22. The second-order valence-electron chi connectivity index (χ2n) is 4.22. The third-order valence-electron chi connectivity index (χ3n) is 2.91. The first-order valence-corrected chi connectivity index (χ1v) is 6.47. The Balaban J connectivity index is 2.11. The maximum Gasteiger partial charge on any atom is 0.137 e. The van der Waals surface area contributed by atoms with Crippen LogP contribution in [0.3, 0.4) is 0 Å². The predicted molar refractivity (Wildman–Crippen MR) is 76.6 cm³/mol. The van der Waals surface area contributed by atoms with Crippen molar-refractivity contribution < 1.29 is 5.11 Å². The van der Waals surface area contributed by atoms with Gasteiger partial charge in [0.05, 0.1) is 22.3 Å². The van der Waals surface area contributed by atoms with Crippen molar-refractivity contribution in [2.24, 2.45) is 0 Å². The molecule has 3 nitrogen and oxygen atoms in total. The highest BCUT2D eigenvalue weighted by Crippen LogP contribution is 2.28. The average Bonchev–Trinajstić information content (AvgIpc) is 2.84. The Morgan fingerprint density at radius 1 is 1.05 bits per heavy atom. The van der Waals surface area contributed by atoms with Crippen LogP contribution in [0, 0.1) is 0 Å². The lowest BCUT2D eigenvalue weighted by molar-refractivity contribution is 0.281. The minimum atomic E-state index is 0.0101. The second-order valence-corrected chi connectivity index (χ2v) is 5.03. The number of aromatic nitrogens is 2. The Bertz CT molecular complexity index is 752. The molecule has 96 valence electrons. The molecule has 2 aromatic heterocycles. The van der Waals surface area contributed by atoms with Gasteiger partial charge in [0.15, 0.2) is 0 Å². The molecule has 0 saturated heterocycles. The number of hydrogen-bond acceptors (Lipinski definition) is 2. The monoisotopic (exact) mass is 292 g/mol. The fraction of sp³-hybridized carbons (Fsp3) is 0.0714. The summed E-state index contributed by atoms with van der Waals surface area (Å²) in [5, 5.41) is 10.2. The molecule has 0 amide bonds. The first-order valence-electron chi connectivity index (χ1n) is 5.71. The lowest BCUT2D eigenvalue weighted by Gasteiger charge is -1.98. The molecule has 2 heterocycles. The van der Waals surface area contributed by atoms with E-state index in [1.807, 2.05) is 35.0 Å². The van der Waals surface area contributed by atoms with Crippen LogP contribution in [-0.2, 0) is 6.61 Å². The van der Waals surface area contributed by atoms with E-state index in [2.05, 4.69) is 4.98 Å². The molecule has 0 aliphatic rings. The molecule has 0 unspecified atom stereocenters. The number of halogens is 2. The maximum absolute atomic E-state index is 9.12. The maximum atomic E-state index is 9.12. The van der Waals surface area contributed by atoms with Crippen molar-refractivity contribution in [2.75, 3.05) is 0 Å². The van der Waals surface area contributed by atoms with Gasteiger partial charge in [-0.1, -0.05) is 35.3 Å². The van der Waals surface area contributed by atoms with Crippen LogP contribution in [-0.4, -0.2) is 14.5 Å². The van der Waals surface area contributed by atoms with Crippen LogP contribution in [0.1, 0.15) is 5.56 Å². The van der Waals surface area contributed by atoms with Crippen molar-refractivity contribution in [3.8, 4) is 11.3 Å². The molecule has 0 aliphatic heterocycles. The minimum absolute atomic E-state index is 0.0101. The van der Waals surface area contributed by atoms with Gasteiger partial charge in [0.1, 0.15) is 5.65 Å². The van der Waals surface area contributed by atoms with E-state index >= 15 is 0 Å². The highest BCUT2D eigenvalue weighted by Gasteiger charge is 2.07. The largest absolute Gasteiger partial charge is 0.392 e. The minimum Gasteiger partial charge on any atom is -0.392 e. The molecule has 0 fully saturated rings. The molecule has 5 heteroatoms. The molecule has 0 atom stereocenters. The highest BCUT2D eigenvalue weighted by atomic mass is 35.5. The molecule has 3 rings (SSSR count). The third kappa shape index (κ3) is 2.32. The zero-order chi connectivity index (χ0) is 13.4. The van der Waals surface area contributed by atoms with Crippen LogP contribution in [0.5, 0.6) is 0 Å². The van der Waals surface area contributed by atoms with Crippen LogP contribution >= 0.6 is 23.2 Å². The Morgan fingerprint density at radius 2 is 1.89 bits per heavy atom. The van der Waals surface area contributed by atoms with E-state index in [9.17, 15) is 0 Å². The predicted octanol–water partition coefficient (Wildman–Crippen LogP) is 3.80. The van der Waals surface area contributed by atoms with E-state index in [0.717, 1.165) is 22.5 Å². The zero-order valence-corrected chi connectivity index (χ0v) is 11.4. The topological polar surface area (TPSA) is 37.5 Å². The van der Waals surface area contributed by atoms with Gasteiger partial charge in [-0.05, 0) is 23.8 Å². The first kappa shape index (κ1) is 12.5. The number of benzene rings is 1. The summed E-state index contributed by atoms with van der Waals surface area (Å²) in [6.45, 7) is 0.0101. The van der Waals surface area contributed by atoms with Crippen molar-refractivity contribution in [3.63, 3.8) is 0 Å². The number of nitrogens with zero attached hydrogens (tertiary/aromatic N) is 2. The summed E-state index contributed by atoms with van der Waals surface area (Å²) in [6, 6.07) is 9.14. The number of pyridine rings is 1. The molecule has 0 radical (unpaired) electrons. The van der Waals surface area contributed by atoms with E-state index in [1.165, 1.54) is 0 Å². The van der Waals surface area contributed by atoms with Crippen LogP contribution in [0.2, 0.25) is 10.0 Å². The zero-order valence-electron chi connectivity index (χ0n) is 9.85. The summed E-state index contributed by atoms with van der Waals surface area (Å²) < 4.78 is 1.88. The molecular weight excluding hydrogens is 283 g/mol. The number of imidazole rings is 1. The van der Waals surface area contributed by atoms with Gasteiger partial charge in [0, 0.05) is 18.0 Å². The number of hydrogen-bond donors (Lipinski definition) is 1.